The molecule has 1 fully saturated rings. The molecule has 5 nitrogen and oxygen atoms in total. The molecule has 0 spiro atoms. The first-order chi connectivity index (χ1) is 13.5. The maximum absolute atomic E-state index is 13.5. The number of halogens is 2. The van der Waals surface area contributed by atoms with Crippen LogP contribution in [0.4, 0.5) is 25.0 Å². The highest BCUT2D eigenvalue weighted by atomic mass is 19.1. The Hall–Kier alpha value is -3.40. The van der Waals surface area contributed by atoms with Crippen molar-refractivity contribution < 1.29 is 18.4 Å². The average Bonchev–Trinajstić information content (AvgIpc) is 2.69. The van der Waals surface area contributed by atoms with Gasteiger partial charge < -0.3 is 15.5 Å². The standard InChI is InChI=1S/C21H19F2N3O2/c22-17-6-3-7-18(23)20(17)25-21(28)24-13-4-5-15-9-11-16(12-10-15)26-14-2-1-8-19(26)27/h3,6-7,9-12H,1-2,8,13-14H2,(H2,24,25,28). The number of carbonyl (C=O) groups excluding carboxylic acids is 2. The van der Waals surface area contributed by atoms with Crippen LogP contribution in [0.25, 0.3) is 0 Å². The number of nitrogens with one attached hydrogen (secondary N) is 2. The monoisotopic (exact) mass is 383 g/mol. The van der Waals surface area contributed by atoms with E-state index in [1.165, 1.54) is 6.07 Å². The molecule has 28 heavy (non-hydrogen) atoms. The van der Waals surface area contributed by atoms with Crippen LogP contribution in [-0.4, -0.2) is 25.0 Å². The van der Waals surface area contributed by atoms with Gasteiger partial charge in [0, 0.05) is 24.2 Å². The minimum absolute atomic E-state index is 0.00820. The van der Waals surface area contributed by atoms with Gasteiger partial charge in [-0.3, -0.25) is 4.79 Å². The first-order valence-corrected chi connectivity index (χ1v) is 8.93. The largest absolute Gasteiger partial charge is 0.327 e. The highest BCUT2D eigenvalue weighted by molar-refractivity contribution is 5.94. The summed E-state index contributed by atoms with van der Waals surface area (Å²) in [6.45, 7) is 0.736. The van der Waals surface area contributed by atoms with Gasteiger partial charge in [-0.25, -0.2) is 13.6 Å². The molecule has 0 radical (unpaired) electrons. The molecule has 0 saturated carbocycles. The van der Waals surface area contributed by atoms with E-state index < -0.39 is 23.4 Å². The number of carbonyl (C=O) groups is 2. The summed E-state index contributed by atoms with van der Waals surface area (Å²) in [7, 11) is 0. The van der Waals surface area contributed by atoms with E-state index in [2.05, 4.69) is 22.5 Å². The number of hydrogen-bond acceptors (Lipinski definition) is 2. The molecule has 7 heteroatoms. The van der Waals surface area contributed by atoms with Crippen molar-refractivity contribution in [3.05, 3.63) is 59.7 Å². The Kier molecular flexibility index (Phi) is 6.22. The fraction of sp³-hybridized carbons (Fsp3) is 0.238. The van der Waals surface area contributed by atoms with E-state index in [0.717, 1.165) is 42.8 Å². The van der Waals surface area contributed by atoms with Crippen LogP contribution in [0, 0.1) is 23.5 Å². The van der Waals surface area contributed by atoms with Crippen LogP contribution in [0.15, 0.2) is 42.5 Å². The molecule has 3 amide bonds. The SMILES string of the molecule is O=C(NCC#Cc1ccc(N2CCCCC2=O)cc1)Nc1c(F)cccc1F. The average molecular weight is 383 g/mol. The number of hydrogen-bond donors (Lipinski definition) is 2. The number of benzene rings is 2. The quantitative estimate of drug-likeness (QED) is 0.795. The predicted octanol–water partition coefficient (Wildman–Crippen LogP) is 3.65. The number of urea groups is 1. The minimum atomic E-state index is -0.853. The lowest BCUT2D eigenvalue weighted by Gasteiger charge is -2.26. The summed E-state index contributed by atoms with van der Waals surface area (Å²) in [5, 5.41) is 4.53. The molecule has 2 aromatic carbocycles. The van der Waals surface area contributed by atoms with Crippen molar-refractivity contribution in [3.8, 4) is 11.8 Å². The lowest BCUT2D eigenvalue weighted by atomic mass is 10.1. The summed E-state index contributed by atoms with van der Waals surface area (Å²) in [5.41, 5.74) is 1.08. The van der Waals surface area contributed by atoms with Gasteiger partial charge in [0.25, 0.3) is 0 Å². The molecule has 0 atom stereocenters. The zero-order valence-corrected chi connectivity index (χ0v) is 15.1. The van der Waals surface area contributed by atoms with Crippen LogP contribution in [0.3, 0.4) is 0 Å². The third-order valence-electron chi connectivity index (χ3n) is 4.27. The van der Waals surface area contributed by atoms with Crippen LogP contribution in [0.2, 0.25) is 0 Å². The highest BCUT2D eigenvalue weighted by Gasteiger charge is 2.19. The third kappa shape index (κ3) is 4.86. The number of para-hydroxylation sites is 1. The van der Waals surface area contributed by atoms with Gasteiger partial charge in [-0.15, -0.1) is 0 Å². The Morgan fingerprint density at radius 2 is 1.79 bits per heavy atom. The van der Waals surface area contributed by atoms with Crippen molar-refractivity contribution in [2.24, 2.45) is 0 Å². The van der Waals surface area contributed by atoms with Gasteiger partial charge in [0.15, 0.2) is 0 Å². The molecular weight excluding hydrogens is 364 g/mol. The van der Waals surface area contributed by atoms with Crippen LogP contribution in [0.1, 0.15) is 24.8 Å². The molecule has 3 rings (SSSR count). The molecule has 0 bridgehead atoms. The Bertz CT molecular complexity index is 913. The van der Waals surface area contributed by atoms with Crippen molar-refractivity contribution >= 4 is 23.3 Å². The first kappa shape index (κ1) is 19.4. The van der Waals surface area contributed by atoms with E-state index in [4.69, 9.17) is 0 Å². The second-order valence-electron chi connectivity index (χ2n) is 6.26. The number of rotatable bonds is 3. The zero-order valence-electron chi connectivity index (χ0n) is 15.1. The molecular formula is C21H19F2N3O2. The maximum Gasteiger partial charge on any atom is 0.320 e. The summed E-state index contributed by atoms with van der Waals surface area (Å²) in [6.07, 6.45) is 2.51. The van der Waals surface area contributed by atoms with Crippen LogP contribution >= 0.6 is 0 Å². The lowest BCUT2D eigenvalue weighted by Crippen LogP contribution is -2.35. The zero-order chi connectivity index (χ0) is 19.9. The van der Waals surface area contributed by atoms with Crippen LogP contribution < -0.4 is 15.5 Å². The number of nitrogens with zero attached hydrogens (tertiary/aromatic N) is 1. The Morgan fingerprint density at radius 1 is 1.07 bits per heavy atom. The van der Waals surface area contributed by atoms with Gasteiger partial charge in [0.05, 0.1) is 6.54 Å². The summed E-state index contributed by atoms with van der Waals surface area (Å²) in [6, 6.07) is 9.86. The summed E-state index contributed by atoms with van der Waals surface area (Å²) >= 11 is 0. The van der Waals surface area contributed by atoms with Gasteiger partial charge in [-0.1, -0.05) is 17.9 Å². The molecule has 2 aromatic rings. The molecule has 1 heterocycles. The molecule has 1 aliphatic rings. The molecule has 144 valence electrons. The second-order valence-corrected chi connectivity index (χ2v) is 6.26. The van der Waals surface area contributed by atoms with Crippen molar-refractivity contribution in [1.82, 2.24) is 5.32 Å². The van der Waals surface area contributed by atoms with Crippen molar-refractivity contribution in [2.75, 3.05) is 23.3 Å². The molecule has 0 aliphatic carbocycles. The fourth-order valence-corrected chi connectivity index (χ4v) is 2.85. The van der Waals surface area contributed by atoms with Crippen molar-refractivity contribution in [3.63, 3.8) is 0 Å². The third-order valence-corrected chi connectivity index (χ3v) is 4.27. The number of anilines is 2. The lowest BCUT2D eigenvalue weighted by molar-refractivity contribution is -0.119. The van der Waals surface area contributed by atoms with E-state index in [-0.39, 0.29) is 12.5 Å². The normalized spacial score (nSPS) is 13.5. The topological polar surface area (TPSA) is 61.4 Å². The minimum Gasteiger partial charge on any atom is -0.327 e. The smallest absolute Gasteiger partial charge is 0.320 e. The Labute approximate surface area is 161 Å². The molecule has 1 aliphatic heterocycles. The van der Waals surface area contributed by atoms with Crippen LogP contribution in [-0.2, 0) is 4.79 Å². The van der Waals surface area contributed by atoms with Gasteiger partial charge in [-0.05, 0) is 49.2 Å². The van der Waals surface area contributed by atoms with E-state index in [9.17, 15) is 18.4 Å². The van der Waals surface area contributed by atoms with E-state index >= 15 is 0 Å². The number of amides is 3. The number of piperidine rings is 1. The molecule has 0 aromatic heterocycles. The van der Waals surface area contributed by atoms with Crippen molar-refractivity contribution in [2.45, 2.75) is 19.3 Å². The summed E-state index contributed by atoms with van der Waals surface area (Å²) < 4.78 is 27.0. The second kappa shape index (κ2) is 9.00. The van der Waals surface area contributed by atoms with E-state index in [1.807, 2.05) is 12.1 Å². The Balaban J connectivity index is 1.52. The molecule has 0 unspecified atom stereocenters. The predicted molar refractivity (Wildman–Crippen MR) is 103 cm³/mol. The summed E-state index contributed by atoms with van der Waals surface area (Å²) in [5.74, 6) is 4.07. The van der Waals surface area contributed by atoms with Gasteiger partial charge >= 0.3 is 6.03 Å². The van der Waals surface area contributed by atoms with Crippen molar-refractivity contribution in [1.29, 1.82) is 0 Å². The van der Waals surface area contributed by atoms with Gasteiger partial charge in [-0.2, -0.15) is 0 Å². The van der Waals surface area contributed by atoms with Crippen LogP contribution in [0.5, 0.6) is 0 Å². The maximum atomic E-state index is 13.5. The molecule has 1 saturated heterocycles. The highest BCUT2D eigenvalue weighted by Crippen LogP contribution is 2.21. The Morgan fingerprint density at radius 3 is 2.46 bits per heavy atom. The first-order valence-electron chi connectivity index (χ1n) is 8.93. The van der Waals surface area contributed by atoms with E-state index in [1.54, 1.807) is 17.0 Å². The van der Waals surface area contributed by atoms with Gasteiger partial charge in [0.2, 0.25) is 5.91 Å². The molecule has 2 N–H and O–H groups in total. The van der Waals surface area contributed by atoms with E-state index in [0.29, 0.717) is 6.42 Å². The summed E-state index contributed by atoms with van der Waals surface area (Å²) in [4.78, 5) is 25.4. The fourth-order valence-electron chi connectivity index (χ4n) is 2.85. The van der Waals surface area contributed by atoms with Gasteiger partial charge in [0.1, 0.15) is 17.3 Å².